The fourth-order valence-electron chi connectivity index (χ4n) is 3.28. The zero-order chi connectivity index (χ0) is 21.8. The van der Waals surface area contributed by atoms with E-state index in [0.717, 1.165) is 22.6 Å². The van der Waals surface area contributed by atoms with Crippen LogP contribution in [0.25, 0.3) is 0 Å². The summed E-state index contributed by atoms with van der Waals surface area (Å²) in [5, 5.41) is 10.1. The quantitative estimate of drug-likeness (QED) is 0.588. The van der Waals surface area contributed by atoms with E-state index in [4.69, 9.17) is 0 Å². The van der Waals surface area contributed by atoms with Crippen molar-refractivity contribution in [2.24, 2.45) is 0 Å². The maximum absolute atomic E-state index is 13.1. The monoisotopic (exact) mass is 442 g/mol. The van der Waals surface area contributed by atoms with Crippen molar-refractivity contribution >= 4 is 29.4 Å². The van der Waals surface area contributed by atoms with Crippen LogP contribution in [0.15, 0.2) is 48.5 Å². The first-order valence-corrected chi connectivity index (χ1v) is 10.8. The molecule has 4 rings (SSSR count). The van der Waals surface area contributed by atoms with Gasteiger partial charge in [0.25, 0.3) is 0 Å². The third-order valence-corrected chi connectivity index (χ3v) is 5.82. The Bertz CT molecular complexity index is 1100. The molecule has 160 valence electrons. The number of amides is 2. The predicted molar refractivity (Wildman–Crippen MR) is 114 cm³/mol. The SMILES string of the molecule is O=C(Cn1nc2c(c1NC(=O)Cc1ccc(F)cc1)CSC2)NCc1ccc(F)cc1. The van der Waals surface area contributed by atoms with Crippen molar-refractivity contribution in [1.82, 2.24) is 15.1 Å². The van der Waals surface area contributed by atoms with Crippen molar-refractivity contribution in [2.75, 3.05) is 5.32 Å². The number of carbonyl (C=O) groups is 2. The smallest absolute Gasteiger partial charge is 0.242 e. The van der Waals surface area contributed by atoms with Gasteiger partial charge in [-0.05, 0) is 35.4 Å². The van der Waals surface area contributed by atoms with Gasteiger partial charge in [-0.25, -0.2) is 13.5 Å². The standard InChI is InChI=1S/C22H20F2N4O2S/c23-16-5-1-14(2-6-16)9-20(29)26-22-18-12-31-13-19(18)27-28(22)11-21(30)25-10-15-3-7-17(24)8-4-15/h1-8H,9-13H2,(H,25,30)(H,26,29). The molecule has 1 aliphatic heterocycles. The lowest BCUT2D eigenvalue weighted by atomic mass is 10.1. The van der Waals surface area contributed by atoms with Crippen LogP contribution >= 0.6 is 11.8 Å². The Morgan fingerprint density at radius 3 is 2.26 bits per heavy atom. The van der Waals surface area contributed by atoms with E-state index in [2.05, 4.69) is 15.7 Å². The van der Waals surface area contributed by atoms with E-state index < -0.39 is 0 Å². The molecule has 31 heavy (non-hydrogen) atoms. The Kier molecular flexibility index (Phi) is 6.31. The largest absolute Gasteiger partial charge is 0.350 e. The number of aromatic nitrogens is 2. The molecule has 0 radical (unpaired) electrons. The molecule has 3 aromatic rings. The van der Waals surface area contributed by atoms with Gasteiger partial charge >= 0.3 is 0 Å². The molecular formula is C22H20F2N4O2S. The first-order valence-electron chi connectivity index (χ1n) is 9.69. The molecule has 0 aliphatic carbocycles. The van der Waals surface area contributed by atoms with Gasteiger partial charge < -0.3 is 10.6 Å². The van der Waals surface area contributed by atoms with E-state index in [1.807, 2.05) is 0 Å². The van der Waals surface area contributed by atoms with Gasteiger partial charge in [-0.3, -0.25) is 9.59 Å². The number of hydrogen-bond donors (Lipinski definition) is 2. The molecule has 0 atom stereocenters. The first-order chi connectivity index (χ1) is 15.0. The second kappa shape index (κ2) is 9.30. The predicted octanol–water partition coefficient (Wildman–Crippen LogP) is 3.41. The van der Waals surface area contributed by atoms with Gasteiger partial charge in [-0.1, -0.05) is 24.3 Å². The lowest BCUT2D eigenvalue weighted by molar-refractivity contribution is -0.122. The van der Waals surface area contributed by atoms with E-state index in [1.165, 1.54) is 28.9 Å². The number of benzene rings is 2. The molecule has 2 amide bonds. The van der Waals surface area contributed by atoms with E-state index in [-0.39, 0.29) is 43.0 Å². The highest BCUT2D eigenvalue weighted by Crippen LogP contribution is 2.34. The minimum atomic E-state index is -0.358. The molecule has 0 unspecified atom stereocenters. The van der Waals surface area contributed by atoms with Gasteiger partial charge in [0.1, 0.15) is 24.0 Å². The summed E-state index contributed by atoms with van der Waals surface area (Å²) < 4.78 is 27.6. The van der Waals surface area contributed by atoms with Crippen LogP contribution in [0.4, 0.5) is 14.6 Å². The van der Waals surface area contributed by atoms with Gasteiger partial charge in [0, 0.05) is 23.6 Å². The van der Waals surface area contributed by atoms with Gasteiger partial charge in [0.05, 0.1) is 12.1 Å². The summed E-state index contributed by atoms with van der Waals surface area (Å²) in [5.74, 6) is 0.721. The molecule has 0 saturated heterocycles. The molecule has 1 aromatic heterocycles. The number of hydrogen-bond acceptors (Lipinski definition) is 4. The van der Waals surface area contributed by atoms with Crippen molar-refractivity contribution in [3.05, 3.63) is 82.5 Å². The minimum Gasteiger partial charge on any atom is -0.350 e. The molecule has 2 heterocycles. The van der Waals surface area contributed by atoms with Crippen LogP contribution < -0.4 is 10.6 Å². The maximum atomic E-state index is 13.1. The number of carbonyl (C=O) groups excluding carboxylic acids is 2. The Morgan fingerprint density at radius 2 is 1.58 bits per heavy atom. The topological polar surface area (TPSA) is 76.0 Å². The van der Waals surface area contributed by atoms with Crippen LogP contribution in [0.5, 0.6) is 0 Å². The highest BCUT2D eigenvalue weighted by Gasteiger charge is 2.25. The van der Waals surface area contributed by atoms with Gasteiger partial charge in [-0.15, -0.1) is 0 Å². The normalized spacial score (nSPS) is 12.5. The number of nitrogens with zero attached hydrogens (tertiary/aromatic N) is 2. The Hall–Kier alpha value is -3.20. The summed E-state index contributed by atoms with van der Waals surface area (Å²) in [7, 11) is 0. The molecule has 6 nitrogen and oxygen atoms in total. The summed E-state index contributed by atoms with van der Waals surface area (Å²) >= 11 is 1.69. The number of halogens is 2. The highest BCUT2D eigenvalue weighted by atomic mass is 32.2. The summed E-state index contributed by atoms with van der Waals surface area (Å²) in [4.78, 5) is 25.0. The van der Waals surface area contributed by atoms with Crippen molar-refractivity contribution in [3.8, 4) is 0 Å². The Morgan fingerprint density at radius 1 is 0.935 bits per heavy atom. The Labute approximate surface area is 182 Å². The highest BCUT2D eigenvalue weighted by molar-refractivity contribution is 7.98. The van der Waals surface area contributed by atoms with Crippen LogP contribution in [-0.2, 0) is 40.6 Å². The van der Waals surface area contributed by atoms with Gasteiger partial charge in [0.2, 0.25) is 11.8 Å². The number of anilines is 1. The van der Waals surface area contributed by atoms with E-state index in [0.29, 0.717) is 17.1 Å². The van der Waals surface area contributed by atoms with Crippen molar-refractivity contribution in [2.45, 2.75) is 31.0 Å². The van der Waals surface area contributed by atoms with E-state index in [9.17, 15) is 18.4 Å². The zero-order valence-corrected chi connectivity index (χ0v) is 17.3. The zero-order valence-electron chi connectivity index (χ0n) is 16.5. The summed E-state index contributed by atoms with van der Waals surface area (Å²) in [6.07, 6.45) is 0.0874. The first kappa shape index (κ1) is 21.0. The molecule has 9 heteroatoms. The third-order valence-electron chi connectivity index (χ3n) is 4.85. The van der Waals surface area contributed by atoms with E-state index in [1.54, 1.807) is 36.0 Å². The molecule has 0 bridgehead atoms. The van der Waals surface area contributed by atoms with Crippen LogP contribution in [0.1, 0.15) is 22.4 Å². The molecule has 2 aromatic carbocycles. The average molecular weight is 442 g/mol. The molecule has 0 fully saturated rings. The van der Waals surface area contributed by atoms with Crippen LogP contribution in [0.2, 0.25) is 0 Å². The molecular weight excluding hydrogens is 422 g/mol. The summed E-state index contributed by atoms with van der Waals surface area (Å²) in [6, 6.07) is 11.6. The summed E-state index contributed by atoms with van der Waals surface area (Å²) in [6.45, 7) is 0.216. The van der Waals surface area contributed by atoms with Crippen molar-refractivity contribution < 1.29 is 18.4 Å². The summed E-state index contributed by atoms with van der Waals surface area (Å²) in [5.41, 5.74) is 3.24. The number of rotatable bonds is 7. The van der Waals surface area contributed by atoms with Crippen LogP contribution in [0, 0.1) is 11.6 Å². The Balaban J connectivity index is 1.42. The molecule has 0 saturated carbocycles. The van der Waals surface area contributed by atoms with E-state index >= 15 is 0 Å². The van der Waals surface area contributed by atoms with Crippen molar-refractivity contribution in [1.29, 1.82) is 0 Å². The average Bonchev–Trinajstić information content (AvgIpc) is 3.32. The van der Waals surface area contributed by atoms with Crippen LogP contribution in [-0.4, -0.2) is 21.6 Å². The number of nitrogens with one attached hydrogen (secondary N) is 2. The van der Waals surface area contributed by atoms with Gasteiger partial charge in [0.15, 0.2) is 0 Å². The molecule has 1 aliphatic rings. The second-order valence-corrected chi connectivity index (χ2v) is 8.16. The molecule has 2 N–H and O–H groups in total. The maximum Gasteiger partial charge on any atom is 0.242 e. The molecule has 0 spiro atoms. The lowest BCUT2D eigenvalue weighted by Crippen LogP contribution is -2.29. The third kappa shape index (κ3) is 5.29. The van der Waals surface area contributed by atoms with Crippen molar-refractivity contribution in [3.63, 3.8) is 0 Å². The fourth-order valence-corrected chi connectivity index (χ4v) is 4.31. The number of fused-ring (bicyclic) bond motifs is 1. The van der Waals surface area contributed by atoms with Crippen LogP contribution in [0.3, 0.4) is 0 Å². The second-order valence-electron chi connectivity index (χ2n) is 7.18. The minimum absolute atomic E-state index is 0.0506. The van der Waals surface area contributed by atoms with Gasteiger partial charge in [-0.2, -0.15) is 16.9 Å². The lowest BCUT2D eigenvalue weighted by Gasteiger charge is -2.11. The fraction of sp³-hybridized carbons (Fsp3) is 0.227. The number of thioether (sulfide) groups is 1.